The van der Waals surface area contributed by atoms with Crippen LogP contribution in [0.4, 0.5) is 0 Å². The van der Waals surface area contributed by atoms with E-state index in [1.54, 1.807) is 7.05 Å². The van der Waals surface area contributed by atoms with Crippen LogP contribution in [-0.2, 0) is 6.54 Å². The highest BCUT2D eigenvalue weighted by molar-refractivity contribution is 5.93. The van der Waals surface area contributed by atoms with Gasteiger partial charge in [0, 0.05) is 31.2 Å². The summed E-state index contributed by atoms with van der Waals surface area (Å²) < 4.78 is 0. The van der Waals surface area contributed by atoms with Gasteiger partial charge >= 0.3 is 0 Å². The normalized spacial score (nSPS) is 23.1. The lowest BCUT2D eigenvalue weighted by Crippen LogP contribution is -2.39. The van der Waals surface area contributed by atoms with Crippen LogP contribution in [0.2, 0.25) is 0 Å². The Bertz CT molecular complexity index is 416. The summed E-state index contributed by atoms with van der Waals surface area (Å²) in [5, 5.41) is 6.17. The molecular weight excluding hydrogens is 238 g/mol. The Morgan fingerprint density at radius 1 is 1.32 bits per heavy atom. The zero-order valence-corrected chi connectivity index (χ0v) is 11.5. The average Bonchev–Trinajstić information content (AvgIpc) is 2.45. The van der Waals surface area contributed by atoms with Crippen molar-refractivity contribution in [1.29, 1.82) is 0 Å². The molecule has 0 radical (unpaired) electrons. The summed E-state index contributed by atoms with van der Waals surface area (Å²) in [6.45, 7) is 0.839. The molecule has 1 aliphatic carbocycles. The maximum absolute atomic E-state index is 11.4. The molecule has 1 aliphatic rings. The molecule has 0 saturated heterocycles. The van der Waals surface area contributed by atoms with Gasteiger partial charge in [-0.2, -0.15) is 0 Å². The smallest absolute Gasteiger partial charge is 0.251 e. The number of nitrogens with one attached hydrogen (secondary N) is 2. The van der Waals surface area contributed by atoms with Crippen LogP contribution in [0, 0.1) is 0 Å². The van der Waals surface area contributed by atoms with Crippen molar-refractivity contribution in [2.45, 2.75) is 44.3 Å². The summed E-state index contributed by atoms with van der Waals surface area (Å²) in [4.78, 5) is 11.4. The fraction of sp³-hybridized carbons (Fsp3) is 0.533. The Morgan fingerprint density at radius 2 is 2.05 bits per heavy atom. The third-order valence-electron chi connectivity index (χ3n) is 3.75. The van der Waals surface area contributed by atoms with Crippen molar-refractivity contribution in [2.75, 3.05) is 7.05 Å². The summed E-state index contributed by atoms with van der Waals surface area (Å²) in [7, 11) is 1.64. The Morgan fingerprint density at radius 3 is 2.68 bits per heavy atom. The fourth-order valence-electron chi connectivity index (χ4n) is 2.59. The van der Waals surface area contributed by atoms with Gasteiger partial charge < -0.3 is 16.4 Å². The predicted molar refractivity (Wildman–Crippen MR) is 76.9 cm³/mol. The molecule has 4 nitrogen and oxygen atoms in total. The van der Waals surface area contributed by atoms with E-state index < -0.39 is 0 Å². The molecule has 2 unspecified atom stereocenters. The van der Waals surface area contributed by atoms with Crippen molar-refractivity contribution in [1.82, 2.24) is 10.6 Å². The predicted octanol–water partition coefficient (Wildman–Crippen LogP) is 1.41. The fourth-order valence-corrected chi connectivity index (χ4v) is 2.59. The summed E-state index contributed by atoms with van der Waals surface area (Å²) >= 11 is 0. The first kappa shape index (κ1) is 14.0. The van der Waals surface area contributed by atoms with Gasteiger partial charge in [0.1, 0.15) is 0 Å². The monoisotopic (exact) mass is 261 g/mol. The molecule has 1 fully saturated rings. The van der Waals surface area contributed by atoms with Crippen molar-refractivity contribution < 1.29 is 4.79 Å². The first-order chi connectivity index (χ1) is 9.19. The summed E-state index contributed by atoms with van der Waals surface area (Å²) in [6.07, 6.45) is 4.65. The number of nitrogens with two attached hydrogens (primary N) is 1. The van der Waals surface area contributed by atoms with Crippen molar-refractivity contribution in [3.8, 4) is 0 Å². The standard InChI is InChI=1S/C15H23N3O/c1-17-15(19)12-7-5-11(6-8-12)10-18-14-4-2-3-13(16)9-14/h5-8,13-14,18H,2-4,9-10,16H2,1H3,(H,17,19). The molecule has 2 atom stereocenters. The first-order valence-electron chi connectivity index (χ1n) is 6.99. The summed E-state index contributed by atoms with van der Waals surface area (Å²) in [5.74, 6) is -0.0437. The second kappa shape index (κ2) is 6.68. The molecule has 0 heterocycles. The van der Waals surface area contributed by atoms with E-state index in [-0.39, 0.29) is 5.91 Å². The van der Waals surface area contributed by atoms with E-state index in [9.17, 15) is 4.79 Å². The molecule has 4 heteroatoms. The highest BCUT2D eigenvalue weighted by Gasteiger charge is 2.18. The number of carbonyl (C=O) groups is 1. The van der Waals surface area contributed by atoms with Gasteiger partial charge in [-0.15, -0.1) is 0 Å². The van der Waals surface area contributed by atoms with E-state index in [1.807, 2.05) is 24.3 Å². The second-order valence-corrected chi connectivity index (χ2v) is 5.28. The molecule has 1 aromatic carbocycles. The van der Waals surface area contributed by atoms with Gasteiger partial charge in [0.05, 0.1) is 0 Å². The second-order valence-electron chi connectivity index (χ2n) is 5.28. The summed E-state index contributed by atoms with van der Waals surface area (Å²) in [5.41, 5.74) is 7.88. The minimum Gasteiger partial charge on any atom is -0.355 e. The third-order valence-corrected chi connectivity index (χ3v) is 3.75. The van der Waals surface area contributed by atoms with Crippen molar-refractivity contribution in [3.05, 3.63) is 35.4 Å². The van der Waals surface area contributed by atoms with Gasteiger partial charge in [-0.05, 0) is 37.0 Å². The molecular formula is C15H23N3O. The maximum atomic E-state index is 11.4. The number of carbonyl (C=O) groups excluding carboxylic acids is 1. The minimum atomic E-state index is -0.0437. The van der Waals surface area contributed by atoms with Crippen molar-refractivity contribution >= 4 is 5.91 Å². The zero-order valence-electron chi connectivity index (χ0n) is 11.5. The first-order valence-corrected chi connectivity index (χ1v) is 6.99. The lowest BCUT2D eigenvalue weighted by atomic mass is 9.91. The van der Waals surface area contributed by atoms with Crippen LogP contribution in [0.1, 0.15) is 41.6 Å². The van der Waals surface area contributed by atoms with Gasteiger partial charge in [0.2, 0.25) is 0 Å². The largest absolute Gasteiger partial charge is 0.355 e. The van der Waals surface area contributed by atoms with Crippen molar-refractivity contribution in [3.63, 3.8) is 0 Å². The molecule has 1 aromatic rings. The Labute approximate surface area is 114 Å². The van der Waals surface area contributed by atoms with Crippen LogP contribution in [0.3, 0.4) is 0 Å². The summed E-state index contributed by atoms with van der Waals surface area (Å²) in [6, 6.07) is 8.61. The van der Waals surface area contributed by atoms with Crippen LogP contribution in [-0.4, -0.2) is 25.0 Å². The van der Waals surface area contributed by atoms with Gasteiger partial charge in [-0.1, -0.05) is 18.6 Å². The molecule has 4 N–H and O–H groups in total. The molecule has 104 valence electrons. The van der Waals surface area contributed by atoms with E-state index in [0.29, 0.717) is 17.6 Å². The lowest BCUT2D eigenvalue weighted by Gasteiger charge is -2.27. The number of rotatable bonds is 4. The quantitative estimate of drug-likeness (QED) is 0.767. The van der Waals surface area contributed by atoms with Gasteiger partial charge in [0.25, 0.3) is 5.91 Å². The molecule has 0 aliphatic heterocycles. The van der Waals surface area contributed by atoms with Crippen LogP contribution in [0.25, 0.3) is 0 Å². The SMILES string of the molecule is CNC(=O)c1ccc(CNC2CCCC(N)C2)cc1. The number of hydrogen-bond acceptors (Lipinski definition) is 3. The molecule has 1 saturated carbocycles. The molecule has 0 bridgehead atoms. The Balaban J connectivity index is 1.84. The van der Waals surface area contributed by atoms with Crippen LogP contribution < -0.4 is 16.4 Å². The highest BCUT2D eigenvalue weighted by atomic mass is 16.1. The lowest BCUT2D eigenvalue weighted by molar-refractivity contribution is 0.0963. The molecule has 2 rings (SSSR count). The number of hydrogen-bond donors (Lipinski definition) is 3. The van der Waals surface area contributed by atoms with Crippen LogP contribution in [0.5, 0.6) is 0 Å². The zero-order chi connectivity index (χ0) is 13.7. The maximum Gasteiger partial charge on any atom is 0.251 e. The molecule has 0 spiro atoms. The number of amides is 1. The molecule has 1 amide bonds. The van der Waals surface area contributed by atoms with Gasteiger partial charge in [-0.3, -0.25) is 4.79 Å². The van der Waals surface area contributed by atoms with E-state index >= 15 is 0 Å². The van der Waals surface area contributed by atoms with E-state index in [4.69, 9.17) is 5.73 Å². The minimum absolute atomic E-state index is 0.0437. The number of benzene rings is 1. The van der Waals surface area contributed by atoms with Crippen molar-refractivity contribution in [2.24, 2.45) is 5.73 Å². The van der Waals surface area contributed by atoms with E-state index in [2.05, 4.69) is 10.6 Å². The van der Waals surface area contributed by atoms with Gasteiger partial charge in [0.15, 0.2) is 0 Å². The molecule has 0 aromatic heterocycles. The van der Waals surface area contributed by atoms with Gasteiger partial charge in [-0.25, -0.2) is 0 Å². The Hall–Kier alpha value is -1.39. The highest BCUT2D eigenvalue weighted by Crippen LogP contribution is 2.17. The molecule has 19 heavy (non-hydrogen) atoms. The topological polar surface area (TPSA) is 67.2 Å². The van der Waals surface area contributed by atoms with E-state index in [1.165, 1.54) is 18.4 Å². The van der Waals surface area contributed by atoms with Crippen LogP contribution in [0.15, 0.2) is 24.3 Å². The average molecular weight is 261 g/mol. The van der Waals surface area contributed by atoms with Crippen LogP contribution >= 0.6 is 0 Å². The van der Waals surface area contributed by atoms with E-state index in [0.717, 1.165) is 19.4 Å². The third kappa shape index (κ3) is 4.04. The Kier molecular flexibility index (Phi) is 4.93.